The standard InChI is InChI=1S/C18H14O3/c1-11-12-7-4-8-13(15(12)9-10-17(11)19)14-5-2-3-6-16(14)18(20)21/h2-10,19H,1H3,(H,20,21). The van der Waals surface area contributed by atoms with Crippen LogP contribution in [0.4, 0.5) is 0 Å². The van der Waals surface area contributed by atoms with E-state index in [1.165, 1.54) is 0 Å². The van der Waals surface area contributed by atoms with Crippen molar-refractivity contribution in [2.45, 2.75) is 6.92 Å². The topological polar surface area (TPSA) is 57.5 Å². The number of carbonyl (C=O) groups is 1. The Hall–Kier alpha value is -2.81. The molecule has 0 aliphatic heterocycles. The van der Waals surface area contributed by atoms with E-state index in [0.717, 1.165) is 21.9 Å². The molecule has 0 radical (unpaired) electrons. The van der Waals surface area contributed by atoms with Gasteiger partial charge in [-0.05, 0) is 46.5 Å². The number of phenols is 1. The van der Waals surface area contributed by atoms with Gasteiger partial charge in [-0.25, -0.2) is 4.79 Å². The second-order valence-electron chi connectivity index (χ2n) is 4.96. The van der Waals surface area contributed by atoms with Crippen molar-refractivity contribution in [1.82, 2.24) is 0 Å². The number of phenolic OH excluding ortho intramolecular Hbond substituents is 1. The van der Waals surface area contributed by atoms with Crippen LogP contribution in [0.25, 0.3) is 21.9 Å². The van der Waals surface area contributed by atoms with Crippen LogP contribution in [0.3, 0.4) is 0 Å². The van der Waals surface area contributed by atoms with Gasteiger partial charge in [-0.1, -0.05) is 42.5 Å². The lowest BCUT2D eigenvalue weighted by molar-refractivity contribution is 0.0697. The third-order valence-electron chi connectivity index (χ3n) is 3.75. The molecule has 21 heavy (non-hydrogen) atoms. The van der Waals surface area contributed by atoms with Crippen LogP contribution < -0.4 is 0 Å². The van der Waals surface area contributed by atoms with E-state index in [1.54, 1.807) is 24.3 Å². The number of fused-ring (bicyclic) bond motifs is 1. The van der Waals surface area contributed by atoms with Crippen molar-refractivity contribution in [1.29, 1.82) is 0 Å². The molecule has 0 bridgehead atoms. The van der Waals surface area contributed by atoms with Gasteiger partial charge in [-0.2, -0.15) is 0 Å². The lowest BCUT2D eigenvalue weighted by Crippen LogP contribution is -1.99. The highest BCUT2D eigenvalue weighted by Crippen LogP contribution is 2.34. The number of benzene rings is 3. The molecule has 3 heteroatoms. The van der Waals surface area contributed by atoms with Gasteiger partial charge in [-0.15, -0.1) is 0 Å². The van der Waals surface area contributed by atoms with Crippen LogP contribution >= 0.6 is 0 Å². The van der Waals surface area contributed by atoms with Gasteiger partial charge in [0.2, 0.25) is 0 Å². The number of rotatable bonds is 2. The van der Waals surface area contributed by atoms with E-state index in [1.807, 2.05) is 37.3 Å². The zero-order valence-corrected chi connectivity index (χ0v) is 11.5. The second-order valence-corrected chi connectivity index (χ2v) is 4.96. The molecule has 0 aliphatic rings. The van der Waals surface area contributed by atoms with Crippen LogP contribution in [-0.2, 0) is 0 Å². The van der Waals surface area contributed by atoms with E-state index in [0.29, 0.717) is 5.56 Å². The molecule has 0 fully saturated rings. The number of carboxylic acids is 1. The molecule has 3 aromatic rings. The first-order chi connectivity index (χ1) is 10.1. The fourth-order valence-corrected chi connectivity index (χ4v) is 2.64. The van der Waals surface area contributed by atoms with Gasteiger partial charge in [0.25, 0.3) is 0 Å². The van der Waals surface area contributed by atoms with E-state index < -0.39 is 5.97 Å². The van der Waals surface area contributed by atoms with E-state index in [4.69, 9.17) is 0 Å². The second kappa shape index (κ2) is 4.94. The van der Waals surface area contributed by atoms with Crippen LogP contribution in [0.5, 0.6) is 5.75 Å². The minimum atomic E-state index is -0.946. The van der Waals surface area contributed by atoms with Gasteiger partial charge in [0, 0.05) is 0 Å². The van der Waals surface area contributed by atoms with Crippen LogP contribution in [0, 0.1) is 6.92 Å². The van der Waals surface area contributed by atoms with Crippen LogP contribution in [0.1, 0.15) is 15.9 Å². The molecule has 2 N–H and O–H groups in total. The highest BCUT2D eigenvalue weighted by Gasteiger charge is 2.14. The van der Waals surface area contributed by atoms with E-state index in [-0.39, 0.29) is 11.3 Å². The molecule has 0 saturated carbocycles. The first-order valence-corrected chi connectivity index (χ1v) is 6.63. The Balaban J connectivity index is 2.37. The van der Waals surface area contributed by atoms with Crippen molar-refractivity contribution < 1.29 is 15.0 Å². The van der Waals surface area contributed by atoms with Gasteiger partial charge in [-0.3, -0.25) is 0 Å². The van der Waals surface area contributed by atoms with E-state index in [9.17, 15) is 15.0 Å². The first kappa shape index (κ1) is 13.2. The number of aromatic hydroxyl groups is 1. The summed E-state index contributed by atoms with van der Waals surface area (Å²) in [5, 5.41) is 21.0. The number of aromatic carboxylic acids is 1. The van der Waals surface area contributed by atoms with Crippen LogP contribution in [0.15, 0.2) is 54.6 Å². The highest BCUT2D eigenvalue weighted by atomic mass is 16.4. The Morgan fingerprint density at radius 1 is 0.857 bits per heavy atom. The van der Waals surface area contributed by atoms with E-state index in [2.05, 4.69) is 0 Å². The predicted molar refractivity (Wildman–Crippen MR) is 82.7 cm³/mol. The summed E-state index contributed by atoms with van der Waals surface area (Å²) in [5.74, 6) is -0.704. The van der Waals surface area contributed by atoms with Crippen LogP contribution in [-0.4, -0.2) is 16.2 Å². The number of aryl methyl sites for hydroxylation is 1. The predicted octanol–water partition coefficient (Wildman–Crippen LogP) is 4.22. The molecule has 104 valence electrons. The van der Waals surface area contributed by atoms with Crippen molar-refractivity contribution in [3.8, 4) is 16.9 Å². The van der Waals surface area contributed by atoms with E-state index >= 15 is 0 Å². The molecule has 0 atom stereocenters. The fourth-order valence-electron chi connectivity index (χ4n) is 2.64. The molecule has 0 amide bonds. The van der Waals surface area contributed by atoms with Crippen molar-refractivity contribution in [3.05, 3.63) is 65.7 Å². The zero-order chi connectivity index (χ0) is 15.0. The minimum Gasteiger partial charge on any atom is -0.508 e. The van der Waals surface area contributed by atoms with Crippen molar-refractivity contribution >= 4 is 16.7 Å². The third-order valence-corrected chi connectivity index (χ3v) is 3.75. The number of carboxylic acid groups (broad SMARTS) is 1. The summed E-state index contributed by atoms with van der Waals surface area (Å²) in [6, 6.07) is 16.1. The third kappa shape index (κ3) is 2.13. The summed E-state index contributed by atoms with van der Waals surface area (Å²) in [6.07, 6.45) is 0. The maximum absolute atomic E-state index is 11.4. The molecule has 3 aromatic carbocycles. The lowest BCUT2D eigenvalue weighted by Gasteiger charge is -2.12. The number of hydrogen-bond acceptors (Lipinski definition) is 2. The van der Waals surface area contributed by atoms with Gasteiger partial charge in [0.15, 0.2) is 0 Å². The normalized spacial score (nSPS) is 10.7. The number of hydrogen-bond donors (Lipinski definition) is 2. The maximum atomic E-state index is 11.4. The largest absolute Gasteiger partial charge is 0.508 e. The van der Waals surface area contributed by atoms with Crippen molar-refractivity contribution in [3.63, 3.8) is 0 Å². The first-order valence-electron chi connectivity index (χ1n) is 6.63. The van der Waals surface area contributed by atoms with Gasteiger partial charge in [0.1, 0.15) is 5.75 Å². The lowest BCUT2D eigenvalue weighted by atomic mass is 9.93. The van der Waals surface area contributed by atoms with Crippen molar-refractivity contribution in [2.24, 2.45) is 0 Å². The molecule has 0 aliphatic carbocycles. The molecule has 0 heterocycles. The zero-order valence-electron chi connectivity index (χ0n) is 11.5. The molecule has 3 rings (SSSR count). The molecular formula is C18H14O3. The average molecular weight is 278 g/mol. The smallest absolute Gasteiger partial charge is 0.336 e. The summed E-state index contributed by atoms with van der Waals surface area (Å²) >= 11 is 0. The van der Waals surface area contributed by atoms with Crippen LogP contribution in [0.2, 0.25) is 0 Å². The van der Waals surface area contributed by atoms with Gasteiger partial charge >= 0.3 is 5.97 Å². The Morgan fingerprint density at radius 3 is 2.33 bits per heavy atom. The summed E-state index contributed by atoms with van der Waals surface area (Å²) in [6.45, 7) is 1.85. The Kier molecular flexibility index (Phi) is 3.10. The molecule has 0 spiro atoms. The minimum absolute atomic E-state index is 0.242. The quantitative estimate of drug-likeness (QED) is 0.738. The average Bonchev–Trinajstić information content (AvgIpc) is 2.50. The summed E-state index contributed by atoms with van der Waals surface area (Å²) in [4.78, 5) is 11.4. The summed E-state index contributed by atoms with van der Waals surface area (Å²) in [5.41, 5.74) is 2.60. The van der Waals surface area contributed by atoms with Gasteiger partial charge < -0.3 is 10.2 Å². The Morgan fingerprint density at radius 2 is 1.57 bits per heavy atom. The Bertz CT molecular complexity index is 850. The molecule has 3 nitrogen and oxygen atoms in total. The maximum Gasteiger partial charge on any atom is 0.336 e. The monoisotopic (exact) mass is 278 g/mol. The van der Waals surface area contributed by atoms with Crippen molar-refractivity contribution in [2.75, 3.05) is 0 Å². The Labute approximate surface area is 122 Å². The molecule has 0 aromatic heterocycles. The SMILES string of the molecule is Cc1c(O)ccc2c(-c3ccccc3C(=O)O)cccc12. The van der Waals surface area contributed by atoms with Gasteiger partial charge in [0.05, 0.1) is 5.56 Å². The summed E-state index contributed by atoms with van der Waals surface area (Å²) < 4.78 is 0. The molecular weight excluding hydrogens is 264 g/mol. The summed E-state index contributed by atoms with van der Waals surface area (Å²) in [7, 11) is 0. The molecule has 0 saturated heterocycles. The highest BCUT2D eigenvalue weighted by molar-refractivity contribution is 6.04. The molecule has 0 unspecified atom stereocenters. The fraction of sp³-hybridized carbons (Fsp3) is 0.0556.